The van der Waals surface area contributed by atoms with E-state index in [9.17, 15) is 0 Å². The first-order valence-corrected chi connectivity index (χ1v) is 7.34. The van der Waals surface area contributed by atoms with E-state index in [1.807, 2.05) is 7.05 Å². The Kier molecular flexibility index (Phi) is 4.33. The summed E-state index contributed by atoms with van der Waals surface area (Å²) in [6.07, 6.45) is 6.39. The van der Waals surface area contributed by atoms with E-state index >= 15 is 0 Å². The number of aryl methyl sites for hydroxylation is 2. The molecule has 4 heteroatoms. The van der Waals surface area contributed by atoms with Crippen molar-refractivity contribution in [2.75, 3.05) is 13.1 Å². The van der Waals surface area contributed by atoms with Gasteiger partial charge >= 0.3 is 0 Å². The molecule has 0 radical (unpaired) electrons. The van der Waals surface area contributed by atoms with Gasteiger partial charge in [0.1, 0.15) is 5.15 Å². The van der Waals surface area contributed by atoms with Gasteiger partial charge < -0.3 is 5.32 Å². The largest absolute Gasteiger partial charge is 0.316 e. The van der Waals surface area contributed by atoms with E-state index in [0.29, 0.717) is 5.41 Å². The lowest BCUT2D eigenvalue weighted by Gasteiger charge is -2.29. The normalized spacial score (nSPS) is 18.4. The van der Waals surface area contributed by atoms with Crippen LogP contribution in [-0.4, -0.2) is 22.9 Å². The van der Waals surface area contributed by atoms with Crippen LogP contribution in [0.2, 0.25) is 5.15 Å². The Labute approximate surface area is 115 Å². The fraction of sp³-hybridized carbons (Fsp3) is 0.786. The summed E-state index contributed by atoms with van der Waals surface area (Å²) in [5.41, 5.74) is 2.73. The molecule has 0 saturated heterocycles. The Balaban J connectivity index is 2.18. The van der Waals surface area contributed by atoms with E-state index in [4.69, 9.17) is 11.6 Å². The van der Waals surface area contributed by atoms with Gasteiger partial charge in [-0.15, -0.1) is 0 Å². The van der Waals surface area contributed by atoms with Crippen LogP contribution in [0.1, 0.15) is 43.9 Å². The fourth-order valence-electron chi connectivity index (χ4n) is 3.18. The van der Waals surface area contributed by atoms with Gasteiger partial charge in [-0.25, -0.2) is 0 Å². The smallest absolute Gasteiger partial charge is 0.130 e. The van der Waals surface area contributed by atoms with Gasteiger partial charge in [0, 0.05) is 19.2 Å². The summed E-state index contributed by atoms with van der Waals surface area (Å²) >= 11 is 6.37. The molecule has 1 aliphatic rings. The van der Waals surface area contributed by atoms with Gasteiger partial charge in [0.15, 0.2) is 0 Å². The topological polar surface area (TPSA) is 29.9 Å². The number of hydrogen-bond acceptors (Lipinski definition) is 2. The maximum absolute atomic E-state index is 6.37. The average Bonchev–Trinajstić information content (AvgIpc) is 2.89. The van der Waals surface area contributed by atoms with Crippen LogP contribution in [0, 0.1) is 12.3 Å². The third-order valence-corrected chi connectivity index (χ3v) is 4.71. The van der Waals surface area contributed by atoms with Gasteiger partial charge in [-0.05, 0) is 38.1 Å². The first-order valence-electron chi connectivity index (χ1n) is 6.97. The van der Waals surface area contributed by atoms with Crippen molar-refractivity contribution in [3.05, 3.63) is 16.4 Å². The number of halogens is 1. The highest BCUT2D eigenvalue weighted by Gasteiger charge is 2.35. The predicted octanol–water partition coefficient (Wildman–Crippen LogP) is 3.09. The molecule has 0 amide bonds. The van der Waals surface area contributed by atoms with Gasteiger partial charge in [-0.1, -0.05) is 31.4 Å². The zero-order valence-corrected chi connectivity index (χ0v) is 12.5. The molecular formula is C14H24ClN3. The minimum atomic E-state index is 0.396. The molecule has 0 spiro atoms. The van der Waals surface area contributed by atoms with Gasteiger partial charge in [-0.2, -0.15) is 5.10 Å². The minimum absolute atomic E-state index is 0.396. The van der Waals surface area contributed by atoms with Crippen LogP contribution < -0.4 is 5.32 Å². The molecule has 18 heavy (non-hydrogen) atoms. The van der Waals surface area contributed by atoms with Gasteiger partial charge in [0.05, 0.1) is 5.69 Å². The lowest BCUT2D eigenvalue weighted by atomic mass is 9.80. The molecule has 1 aliphatic carbocycles. The minimum Gasteiger partial charge on any atom is -0.316 e. The van der Waals surface area contributed by atoms with Crippen LogP contribution in [0.5, 0.6) is 0 Å². The van der Waals surface area contributed by atoms with Crippen LogP contribution in [0.15, 0.2) is 0 Å². The molecule has 0 aliphatic heterocycles. The van der Waals surface area contributed by atoms with Crippen molar-refractivity contribution in [1.29, 1.82) is 0 Å². The van der Waals surface area contributed by atoms with E-state index < -0.39 is 0 Å². The SMILES string of the molecule is CCNCC1(Cc2c(C)nn(C)c2Cl)CCCC1. The van der Waals surface area contributed by atoms with Gasteiger partial charge in [0.25, 0.3) is 0 Å². The van der Waals surface area contributed by atoms with Crippen molar-refractivity contribution in [1.82, 2.24) is 15.1 Å². The monoisotopic (exact) mass is 269 g/mol. The third-order valence-electron chi connectivity index (χ3n) is 4.24. The van der Waals surface area contributed by atoms with Crippen molar-refractivity contribution in [3.63, 3.8) is 0 Å². The highest BCUT2D eigenvalue weighted by atomic mass is 35.5. The van der Waals surface area contributed by atoms with Crippen molar-refractivity contribution in [2.24, 2.45) is 12.5 Å². The van der Waals surface area contributed by atoms with Crippen molar-refractivity contribution < 1.29 is 0 Å². The summed E-state index contributed by atoms with van der Waals surface area (Å²) in [5.74, 6) is 0. The molecule has 0 bridgehead atoms. The molecule has 0 unspecified atom stereocenters. The zero-order chi connectivity index (χ0) is 13.2. The van der Waals surface area contributed by atoms with Crippen LogP contribution in [0.3, 0.4) is 0 Å². The molecule has 1 heterocycles. The highest BCUT2D eigenvalue weighted by Crippen LogP contribution is 2.42. The number of rotatable bonds is 5. The van der Waals surface area contributed by atoms with E-state index in [1.165, 1.54) is 31.2 Å². The predicted molar refractivity (Wildman–Crippen MR) is 76.1 cm³/mol. The number of aromatic nitrogens is 2. The van der Waals surface area contributed by atoms with Crippen molar-refractivity contribution >= 4 is 11.6 Å². The Bertz CT molecular complexity index is 405. The van der Waals surface area contributed by atoms with E-state index in [2.05, 4.69) is 24.3 Å². The maximum atomic E-state index is 6.37. The molecular weight excluding hydrogens is 246 g/mol. The summed E-state index contributed by atoms with van der Waals surface area (Å²) in [6.45, 7) is 6.39. The second kappa shape index (κ2) is 5.62. The van der Waals surface area contributed by atoms with E-state index in [1.54, 1.807) is 4.68 Å². The quantitative estimate of drug-likeness (QED) is 0.890. The first kappa shape index (κ1) is 13.9. The highest BCUT2D eigenvalue weighted by molar-refractivity contribution is 6.30. The Morgan fingerprint density at radius 1 is 1.39 bits per heavy atom. The van der Waals surface area contributed by atoms with E-state index in [-0.39, 0.29) is 0 Å². The lowest BCUT2D eigenvalue weighted by Crippen LogP contribution is -2.34. The third kappa shape index (κ3) is 2.72. The zero-order valence-electron chi connectivity index (χ0n) is 11.7. The first-order chi connectivity index (χ1) is 8.58. The maximum Gasteiger partial charge on any atom is 0.130 e. The Morgan fingerprint density at radius 3 is 2.56 bits per heavy atom. The van der Waals surface area contributed by atoms with Crippen LogP contribution >= 0.6 is 11.6 Å². The van der Waals surface area contributed by atoms with Crippen LogP contribution in [0.25, 0.3) is 0 Å². The second-order valence-electron chi connectivity index (χ2n) is 5.64. The van der Waals surface area contributed by atoms with Crippen LogP contribution in [0.4, 0.5) is 0 Å². The molecule has 3 nitrogen and oxygen atoms in total. The number of hydrogen-bond donors (Lipinski definition) is 1. The van der Waals surface area contributed by atoms with E-state index in [0.717, 1.165) is 30.4 Å². The number of nitrogens with zero attached hydrogens (tertiary/aromatic N) is 2. The average molecular weight is 270 g/mol. The summed E-state index contributed by atoms with van der Waals surface area (Å²) in [6, 6.07) is 0. The fourth-order valence-corrected chi connectivity index (χ4v) is 3.42. The van der Waals surface area contributed by atoms with Crippen molar-refractivity contribution in [3.8, 4) is 0 Å². The molecule has 0 aromatic carbocycles. The van der Waals surface area contributed by atoms with Crippen LogP contribution in [-0.2, 0) is 13.5 Å². The number of nitrogens with one attached hydrogen (secondary N) is 1. The molecule has 1 aromatic rings. The molecule has 1 aromatic heterocycles. The summed E-state index contributed by atoms with van der Waals surface area (Å²) in [5, 5.41) is 8.77. The molecule has 1 N–H and O–H groups in total. The summed E-state index contributed by atoms with van der Waals surface area (Å²) in [7, 11) is 1.92. The molecule has 2 rings (SSSR count). The standard InChI is InChI=1S/C14H24ClN3/c1-4-16-10-14(7-5-6-8-14)9-12-11(2)17-18(3)13(12)15/h16H,4-10H2,1-3H3. The Morgan fingerprint density at radius 2 is 2.06 bits per heavy atom. The molecule has 102 valence electrons. The Hall–Kier alpha value is -0.540. The second-order valence-corrected chi connectivity index (χ2v) is 6.00. The van der Waals surface area contributed by atoms with Crippen molar-refractivity contribution in [2.45, 2.75) is 46.0 Å². The molecule has 1 saturated carbocycles. The summed E-state index contributed by atoms with van der Waals surface area (Å²) in [4.78, 5) is 0. The van der Waals surface area contributed by atoms with Gasteiger partial charge in [0.2, 0.25) is 0 Å². The molecule has 0 atom stereocenters. The summed E-state index contributed by atoms with van der Waals surface area (Å²) < 4.78 is 1.79. The van der Waals surface area contributed by atoms with Gasteiger partial charge in [-0.3, -0.25) is 4.68 Å². The lowest BCUT2D eigenvalue weighted by molar-refractivity contribution is 0.279. The molecule has 1 fully saturated rings.